The SMILES string of the molecule is CC(=O)C1C=CC(Br)=C(F)C1=O. The van der Waals surface area contributed by atoms with Crippen LogP contribution in [0.2, 0.25) is 0 Å². The maximum atomic E-state index is 12.9. The van der Waals surface area contributed by atoms with Gasteiger partial charge in [0, 0.05) is 0 Å². The Labute approximate surface area is 77.3 Å². The van der Waals surface area contributed by atoms with Crippen LogP contribution in [0.5, 0.6) is 0 Å². The van der Waals surface area contributed by atoms with Crippen LogP contribution in [0.1, 0.15) is 6.92 Å². The molecule has 0 aromatic rings. The van der Waals surface area contributed by atoms with Crippen LogP contribution in [0, 0.1) is 5.92 Å². The maximum absolute atomic E-state index is 12.9. The molecule has 0 radical (unpaired) electrons. The fourth-order valence-electron chi connectivity index (χ4n) is 0.916. The Hall–Kier alpha value is -0.770. The summed E-state index contributed by atoms with van der Waals surface area (Å²) >= 11 is 2.86. The van der Waals surface area contributed by atoms with Crippen LogP contribution in [0.3, 0.4) is 0 Å². The molecule has 0 amide bonds. The Morgan fingerprint density at radius 1 is 1.67 bits per heavy atom. The van der Waals surface area contributed by atoms with Crippen LogP contribution in [-0.4, -0.2) is 11.6 Å². The number of halogens is 2. The molecule has 1 rings (SSSR count). The largest absolute Gasteiger partial charge is 0.299 e. The third-order valence-corrected chi connectivity index (χ3v) is 2.19. The minimum Gasteiger partial charge on any atom is -0.299 e. The first kappa shape index (κ1) is 9.32. The zero-order valence-electron chi connectivity index (χ0n) is 6.30. The van der Waals surface area contributed by atoms with Crippen molar-refractivity contribution in [3.8, 4) is 0 Å². The van der Waals surface area contributed by atoms with Crippen molar-refractivity contribution in [1.29, 1.82) is 0 Å². The minimum absolute atomic E-state index is 0.102. The van der Waals surface area contributed by atoms with Gasteiger partial charge < -0.3 is 0 Å². The summed E-state index contributed by atoms with van der Waals surface area (Å²) in [5.74, 6) is -2.92. The van der Waals surface area contributed by atoms with Gasteiger partial charge in [0.15, 0.2) is 5.83 Å². The molecule has 64 valence electrons. The molecule has 0 heterocycles. The Morgan fingerprint density at radius 3 is 2.75 bits per heavy atom. The van der Waals surface area contributed by atoms with Crippen molar-refractivity contribution in [2.24, 2.45) is 5.92 Å². The highest BCUT2D eigenvalue weighted by Gasteiger charge is 2.28. The molecule has 1 unspecified atom stereocenters. The summed E-state index contributed by atoms with van der Waals surface area (Å²) in [6.45, 7) is 1.26. The standard InChI is InChI=1S/C8H6BrFO2/c1-4(11)5-2-3-6(9)7(10)8(5)12/h2-3,5H,1H3. The molecule has 0 saturated carbocycles. The van der Waals surface area contributed by atoms with Crippen molar-refractivity contribution >= 4 is 27.5 Å². The van der Waals surface area contributed by atoms with Crippen molar-refractivity contribution in [1.82, 2.24) is 0 Å². The third-order valence-electron chi connectivity index (χ3n) is 1.58. The normalized spacial score (nSPS) is 23.2. The fraction of sp³-hybridized carbons (Fsp3) is 0.250. The van der Waals surface area contributed by atoms with Gasteiger partial charge in [-0.05, 0) is 28.9 Å². The van der Waals surface area contributed by atoms with E-state index in [1.807, 2.05) is 0 Å². The summed E-state index contributed by atoms with van der Waals surface area (Å²) in [5.41, 5.74) is 0. The van der Waals surface area contributed by atoms with Crippen molar-refractivity contribution < 1.29 is 14.0 Å². The monoisotopic (exact) mass is 232 g/mol. The van der Waals surface area contributed by atoms with E-state index in [9.17, 15) is 14.0 Å². The second-order valence-electron chi connectivity index (χ2n) is 2.47. The van der Waals surface area contributed by atoms with Gasteiger partial charge in [-0.3, -0.25) is 9.59 Å². The van der Waals surface area contributed by atoms with E-state index in [0.29, 0.717) is 0 Å². The second-order valence-corrected chi connectivity index (χ2v) is 3.33. The van der Waals surface area contributed by atoms with E-state index in [4.69, 9.17) is 0 Å². The summed E-state index contributed by atoms with van der Waals surface area (Å²) in [7, 11) is 0. The smallest absolute Gasteiger partial charge is 0.206 e. The first-order valence-electron chi connectivity index (χ1n) is 3.32. The van der Waals surface area contributed by atoms with E-state index in [1.165, 1.54) is 19.1 Å². The molecular formula is C8H6BrFO2. The van der Waals surface area contributed by atoms with Crippen LogP contribution in [-0.2, 0) is 9.59 Å². The molecule has 1 aliphatic carbocycles. The summed E-state index contributed by atoms with van der Waals surface area (Å²) in [6, 6.07) is 0. The number of hydrogen-bond acceptors (Lipinski definition) is 2. The van der Waals surface area contributed by atoms with E-state index in [1.54, 1.807) is 0 Å². The van der Waals surface area contributed by atoms with E-state index in [0.717, 1.165) is 0 Å². The number of allylic oxidation sites excluding steroid dienone is 4. The molecule has 0 aromatic heterocycles. The lowest BCUT2D eigenvalue weighted by molar-refractivity contribution is -0.128. The Kier molecular flexibility index (Phi) is 2.57. The number of rotatable bonds is 1. The third kappa shape index (κ3) is 1.53. The molecule has 1 atom stereocenters. The van der Waals surface area contributed by atoms with E-state index < -0.39 is 17.5 Å². The average Bonchev–Trinajstić information content (AvgIpc) is 2.00. The van der Waals surface area contributed by atoms with Gasteiger partial charge in [-0.25, -0.2) is 4.39 Å². The van der Waals surface area contributed by atoms with Gasteiger partial charge in [-0.15, -0.1) is 0 Å². The highest BCUT2D eigenvalue weighted by Crippen LogP contribution is 2.25. The van der Waals surface area contributed by atoms with Gasteiger partial charge in [0.25, 0.3) is 0 Å². The van der Waals surface area contributed by atoms with Crippen LogP contribution in [0.15, 0.2) is 22.5 Å². The Morgan fingerprint density at radius 2 is 2.25 bits per heavy atom. The number of carbonyl (C=O) groups excluding carboxylic acids is 2. The lowest BCUT2D eigenvalue weighted by Crippen LogP contribution is -2.22. The van der Waals surface area contributed by atoms with Crippen molar-refractivity contribution in [3.05, 3.63) is 22.5 Å². The van der Waals surface area contributed by atoms with Gasteiger partial charge in [-0.1, -0.05) is 6.08 Å². The Bertz CT molecular complexity index is 304. The van der Waals surface area contributed by atoms with Crippen LogP contribution >= 0.6 is 15.9 Å². The first-order chi connectivity index (χ1) is 5.54. The predicted octanol–water partition coefficient (Wildman–Crippen LogP) is 1.91. The molecule has 12 heavy (non-hydrogen) atoms. The molecule has 4 heteroatoms. The molecule has 0 aliphatic heterocycles. The number of carbonyl (C=O) groups is 2. The number of hydrogen-bond donors (Lipinski definition) is 0. The highest BCUT2D eigenvalue weighted by atomic mass is 79.9. The summed E-state index contributed by atoms with van der Waals surface area (Å²) in [5, 5.41) is 0. The van der Waals surface area contributed by atoms with Gasteiger partial charge in [0.1, 0.15) is 11.7 Å². The van der Waals surface area contributed by atoms with Crippen LogP contribution in [0.25, 0.3) is 0 Å². The first-order valence-corrected chi connectivity index (χ1v) is 4.11. The van der Waals surface area contributed by atoms with E-state index >= 15 is 0 Å². The maximum Gasteiger partial charge on any atom is 0.206 e. The van der Waals surface area contributed by atoms with Crippen LogP contribution < -0.4 is 0 Å². The van der Waals surface area contributed by atoms with E-state index in [-0.39, 0.29) is 10.3 Å². The molecule has 0 aromatic carbocycles. The van der Waals surface area contributed by atoms with Crippen molar-refractivity contribution in [3.63, 3.8) is 0 Å². The number of ketones is 2. The van der Waals surface area contributed by atoms with Gasteiger partial charge >= 0.3 is 0 Å². The van der Waals surface area contributed by atoms with Gasteiger partial charge in [-0.2, -0.15) is 0 Å². The lowest BCUT2D eigenvalue weighted by Gasteiger charge is -2.10. The van der Waals surface area contributed by atoms with Crippen molar-refractivity contribution in [2.45, 2.75) is 6.92 Å². The van der Waals surface area contributed by atoms with Gasteiger partial charge in [0.2, 0.25) is 5.78 Å². The Balaban J connectivity index is 3.01. The topological polar surface area (TPSA) is 34.1 Å². The molecule has 0 bridgehead atoms. The summed E-state index contributed by atoms with van der Waals surface area (Å²) in [6.07, 6.45) is 2.76. The zero-order valence-corrected chi connectivity index (χ0v) is 7.89. The van der Waals surface area contributed by atoms with Crippen molar-refractivity contribution in [2.75, 3.05) is 0 Å². The molecule has 0 N–H and O–H groups in total. The second kappa shape index (κ2) is 3.31. The molecule has 0 saturated heterocycles. The quantitative estimate of drug-likeness (QED) is 0.648. The highest BCUT2D eigenvalue weighted by molar-refractivity contribution is 9.11. The summed E-state index contributed by atoms with van der Waals surface area (Å²) < 4.78 is 13.0. The average molecular weight is 233 g/mol. The lowest BCUT2D eigenvalue weighted by atomic mass is 9.95. The number of Topliss-reactive ketones (excluding diaryl/α,β-unsaturated/α-hetero) is 2. The van der Waals surface area contributed by atoms with Crippen LogP contribution in [0.4, 0.5) is 4.39 Å². The predicted molar refractivity (Wildman–Crippen MR) is 45.4 cm³/mol. The molecule has 0 spiro atoms. The summed E-state index contributed by atoms with van der Waals surface area (Å²) in [4.78, 5) is 21.8. The fourth-order valence-corrected chi connectivity index (χ4v) is 1.26. The molecule has 0 fully saturated rings. The van der Waals surface area contributed by atoms with E-state index in [2.05, 4.69) is 15.9 Å². The zero-order chi connectivity index (χ0) is 9.30. The molecular weight excluding hydrogens is 227 g/mol. The minimum atomic E-state index is -0.939. The molecule has 2 nitrogen and oxygen atoms in total. The van der Waals surface area contributed by atoms with Gasteiger partial charge in [0.05, 0.1) is 4.48 Å². The molecule has 1 aliphatic rings.